The van der Waals surface area contributed by atoms with Gasteiger partial charge in [0.25, 0.3) is 0 Å². The number of hydrogen-bond donors (Lipinski definition) is 1. The predicted octanol–water partition coefficient (Wildman–Crippen LogP) is 2.08. The van der Waals surface area contributed by atoms with E-state index in [1.165, 1.54) is 19.3 Å². The SMILES string of the molecule is Cn1nc(C(C)(C)C2CCC2)cc1N. The van der Waals surface area contributed by atoms with E-state index >= 15 is 0 Å². The molecular weight excluding hydrogens is 174 g/mol. The van der Waals surface area contributed by atoms with Crippen LogP contribution >= 0.6 is 0 Å². The minimum absolute atomic E-state index is 0.188. The van der Waals surface area contributed by atoms with Gasteiger partial charge in [-0.25, -0.2) is 0 Å². The lowest BCUT2D eigenvalue weighted by Crippen LogP contribution is -2.34. The molecule has 0 spiro atoms. The Morgan fingerprint density at radius 1 is 1.50 bits per heavy atom. The molecule has 14 heavy (non-hydrogen) atoms. The van der Waals surface area contributed by atoms with Crippen molar-refractivity contribution >= 4 is 5.82 Å². The van der Waals surface area contributed by atoms with Crippen LogP contribution in [0.3, 0.4) is 0 Å². The molecule has 1 aromatic rings. The monoisotopic (exact) mass is 193 g/mol. The van der Waals surface area contributed by atoms with Crippen LogP contribution in [0.2, 0.25) is 0 Å². The zero-order valence-electron chi connectivity index (χ0n) is 9.25. The van der Waals surface area contributed by atoms with Crippen LogP contribution in [0.15, 0.2) is 6.07 Å². The zero-order chi connectivity index (χ0) is 10.3. The molecule has 3 heteroatoms. The van der Waals surface area contributed by atoms with Crippen molar-refractivity contribution in [1.82, 2.24) is 9.78 Å². The Morgan fingerprint density at radius 2 is 2.14 bits per heavy atom. The fraction of sp³-hybridized carbons (Fsp3) is 0.727. The molecule has 0 amide bonds. The number of aromatic nitrogens is 2. The molecule has 1 aliphatic rings. The summed E-state index contributed by atoms with van der Waals surface area (Å²) in [5.41, 5.74) is 7.13. The second-order valence-corrected chi connectivity index (χ2v) is 4.93. The molecule has 0 aliphatic heterocycles. The summed E-state index contributed by atoms with van der Waals surface area (Å²) in [6.45, 7) is 4.55. The van der Waals surface area contributed by atoms with Crippen LogP contribution in [0.1, 0.15) is 38.8 Å². The number of rotatable bonds is 2. The number of hydrogen-bond acceptors (Lipinski definition) is 2. The molecule has 78 valence electrons. The molecule has 0 bridgehead atoms. The first-order valence-corrected chi connectivity index (χ1v) is 5.32. The van der Waals surface area contributed by atoms with Crippen LogP contribution in [0, 0.1) is 5.92 Å². The van der Waals surface area contributed by atoms with Crippen molar-refractivity contribution in [2.45, 2.75) is 38.5 Å². The highest BCUT2D eigenvalue weighted by Crippen LogP contribution is 2.43. The first kappa shape index (κ1) is 9.56. The Kier molecular flexibility index (Phi) is 2.05. The standard InChI is InChI=1S/C11H19N3/c1-11(2,8-5-4-6-8)9-7-10(12)14(3)13-9/h7-8H,4-6,12H2,1-3H3. The largest absolute Gasteiger partial charge is 0.384 e. The molecule has 2 N–H and O–H groups in total. The summed E-state index contributed by atoms with van der Waals surface area (Å²) in [7, 11) is 1.90. The minimum Gasteiger partial charge on any atom is -0.384 e. The summed E-state index contributed by atoms with van der Waals surface area (Å²) in [5, 5.41) is 4.48. The van der Waals surface area contributed by atoms with E-state index < -0.39 is 0 Å². The number of nitrogen functional groups attached to an aromatic ring is 1. The maximum absolute atomic E-state index is 5.80. The van der Waals surface area contributed by atoms with Gasteiger partial charge in [0.15, 0.2) is 0 Å². The molecule has 1 fully saturated rings. The molecule has 0 atom stereocenters. The smallest absolute Gasteiger partial charge is 0.121 e. The second kappa shape index (κ2) is 3.01. The summed E-state index contributed by atoms with van der Waals surface area (Å²) < 4.78 is 1.76. The first-order valence-electron chi connectivity index (χ1n) is 5.32. The van der Waals surface area contributed by atoms with Gasteiger partial charge in [-0.2, -0.15) is 5.10 Å². The van der Waals surface area contributed by atoms with Crippen molar-refractivity contribution in [2.24, 2.45) is 13.0 Å². The van der Waals surface area contributed by atoms with E-state index in [9.17, 15) is 0 Å². The molecule has 1 saturated carbocycles. The lowest BCUT2D eigenvalue weighted by atomic mass is 9.66. The Bertz CT molecular complexity index is 315. The van der Waals surface area contributed by atoms with Crippen LogP contribution in [0.5, 0.6) is 0 Å². The van der Waals surface area contributed by atoms with Gasteiger partial charge in [0.1, 0.15) is 5.82 Å². The summed E-state index contributed by atoms with van der Waals surface area (Å²) in [6, 6.07) is 2.01. The molecule has 0 aromatic carbocycles. The Hall–Kier alpha value is -0.990. The molecular formula is C11H19N3. The first-order chi connectivity index (χ1) is 6.51. The maximum atomic E-state index is 5.80. The second-order valence-electron chi connectivity index (χ2n) is 4.93. The molecule has 1 aromatic heterocycles. The highest BCUT2D eigenvalue weighted by atomic mass is 15.3. The highest BCUT2D eigenvalue weighted by Gasteiger charge is 2.37. The van der Waals surface area contributed by atoms with Crippen LogP contribution in [0.25, 0.3) is 0 Å². The molecule has 0 radical (unpaired) electrons. The van der Waals surface area contributed by atoms with Crippen LogP contribution in [-0.2, 0) is 12.5 Å². The number of anilines is 1. The van der Waals surface area contributed by atoms with Crippen LogP contribution < -0.4 is 5.73 Å². The quantitative estimate of drug-likeness (QED) is 0.781. The Balaban J connectivity index is 2.28. The van der Waals surface area contributed by atoms with Gasteiger partial charge in [-0.15, -0.1) is 0 Å². The Morgan fingerprint density at radius 3 is 2.50 bits per heavy atom. The normalized spacial score (nSPS) is 18.2. The fourth-order valence-corrected chi connectivity index (χ4v) is 2.14. The van der Waals surface area contributed by atoms with E-state index in [1.54, 1.807) is 4.68 Å². The molecule has 2 rings (SSSR count). The minimum atomic E-state index is 0.188. The van der Waals surface area contributed by atoms with Crippen molar-refractivity contribution in [3.63, 3.8) is 0 Å². The van der Waals surface area contributed by atoms with Gasteiger partial charge in [0, 0.05) is 18.5 Å². The van der Waals surface area contributed by atoms with Crippen molar-refractivity contribution in [2.75, 3.05) is 5.73 Å². The lowest BCUT2D eigenvalue weighted by Gasteiger charge is -2.39. The third-order valence-electron chi connectivity index (χ3n) is 3.70. The van der Waals surface area contributed by atoms with Crippen molar-refractivity contribution in [3.8, 4) is 0 Å². The average Bonchev–Trinajstić information content (AvgIpc) is 2.28. The lowest BCUT2D eigenvalue weighted by molar-refractivity contribution is 0.189. The number of aryl methyl sites for hydroxylation is 1. The maximum Gasteiger partial charge on any atom is 0.121 e. The molecule has 0 saturated heterocycles. The highest BCUT2D eigenvalue weighted by molar-refractivity contribution is 5.34. The van der Waals surface area contributed by atoms with E-state index in [-0.39, 0.29) is 5.41 Å². The van der Waals surface area contributed by atoms with E-state index in [1.807, 2.05) is 13.1 Å². The summed E-state index contributed by atoms with van der Waals surface area (Å²) >= 11 is 0. The topological polar surface area (TPSA) is 43.8 Å². The Labute approximate surface area is 85.3 Å². The molecule has 3 nitrogen and oxygen atoms in total. The summed E-state index contributed by atoms with van der Waals surface area (Å²) in [4.78, 5) is 0. The van der Waals surface area contributed by atoms with E-state index in [4.69, 9.17) is 5.73 Å². The number of nitrogens with two attached hydrogens (primary N) is 1. The fourth-order valence-electron chi connectivity index (χ4n) is 2.14. The van der Waals surface area contributed by atoms with Crippen LogP contribution in [0.4, 0.5) is 5.82 Å². The molecule has 1 aliphatic carbocycles. The van der Waals surface area contributed by atoms with Gasteiger partial charge >= 0.3 is 0 Å². The van der Waals surface area contributed by atoms with Crippen molar-refractivity contribution in [3.05, 3.63) is 11.8 Å². The third-order valence-corrected chi connectivity index (χ3v) is 3.70. The third kappa shape index (κ3) is 1.31. The average molecular weight is 193 g/mol. The van der Waals surface area contributed by atoms with E-state index in [0.29, 0.717) is 0 Å². The van der Waals surface area contributed by atoms with Gasteiger partial charge in [0.05, 0.1) is 5.69 Å². The predicted molar refractivity (Wildman–Crippen MR) is 58.0 cm³/mol. The van der Waals surface area contributed by atoms with E-state index in [2.05, 4.69) is 18.9 Å². The summed E-state index contributed by atoms with van der Waals surface area (Å²) in [5.74, 6) is 1.55. The van der Waals surface area contributed by atoms with Crippen LogP contribution in [-0.4, -0.2) is 9.78 Å². The van der Waals surface area contributed by atoms with Crippen molar-refractivity contribution in [1.29, 1.82) is 0 Å². The molecule has 1 heterocycles. The van der Waals surface area contributed by atoms with Gasteiger partial charge in [0.2, 0.25) is 0 Å². The van der Waals surface area contributed by atoms with Gasteiger partial charge in [-0.1, -0.05) is 20.3 Å². The summed E-state index contributed by atoms with van der Waals surface area (Å²) in [6.07, 6.45) is 4.05. The number of nitrogens with zero attached hydrogens (tertiary/aromatic N) is 2. The van der Waals surface area contributed by atoms with E-state index in [0.717, 1.165) is 17.4 Å². The van der Waals surface area contributed by atoms with Crippen molar-refractivity contribution < 1.29 is 0 Å². The van der Waals surface area contributed by atoms with Gasteiger partial charge in [-0.3, -0.25) is 4.68 Å². The zero-order valence-corrected chi connectivity index (χ0v) is 9.25. The molecule has 0 unspecified atom stereocenters. The van der Waals surface area contributed by atoms with Gasteiger partial charge in [-0.05, 0) is 18.8 Å². The van der Waals surface area contributed by atoms with Gasteiger partial charge < -0.3 is 5.73 Å².